The van der Waals surface area contributed by atoms with Gasteiger partial charge in [-0.3, -0.25) is 4.90 Å². The second-order valence-electron chi connectivity index (χ2n) is 7.34. The van der Waals surface area contributed by atoms with Gasteiger partial charge in [0.05, 0.1) is 25.5 Å². The molecule has 2 heterocycles. The molecular weight excluding hydrogens is 382 g/mol. The van der Waals surface area contributed by atoms with Crippen molar-refractivity contribution >= 4 is 11.3 Å². The molecule has 2 aromatic carbocycles. The zero-order valence-electron chi connectivity index (χ0n) is 17.2. The van der Waals surface area contributed by atoms with Gasteiger partial charge in [0.25, 0.3) is 0 Å². The predicted octanol–water partition coefficient (Wildman–Crippen LogP) is 4.32. The fourth-order valence-electron chi connectivity index (χ4n) is 3.90. The number of aromatic nitrogens is 1. The van der Waals surface area contributed by atoms with Gasteiger partial charge in [-0.25, -0.2) is 4.98 Å². The van der Waals surface area contributed by atoms with Gasteiger partial charge in [0, 0.05) is 37.6 Å². The molecule has 1 atom stereocenters. The van der Waals surface area contributed by atoms with Crippen LogP contribution >= 0.6 is 11.3 Å². The van der Waals surface area contributed by atoms with Crippen molar-refractivity contribution < 1.29 is 9.47 Å². The maximum Gasteiger partial charge on any atom is 0.170 e. The minimum absolute atomic E-state index is 0.381. The number of piperazine rings is 1. The van der Waals surface area contributed by atoms with Crippen LogP contribution < -0.4 is 9.47 Å². The summed E-state index contributed by atoms with van der Waals surface area (Å²) >= 11 is 1.65. The second kappa shape index (κ2) is 8.95. The first-order chi connectivity index (χ1) is 14.2. The first-order valence-corrected chi connectivity index (χ1v) is 10.7. The molecule has 4 rings (SSSR count). The Bertz CT molecular complexity index is 944. The molecule has 0 N–H and O–H groups in total. The van der Waals surface area contributed by atoms with E-state index in [2.05, 4.69) is 52.6 Å². The van der Waals surface area contributed by atoms with E-state index < -0.39 is 0 Å². The molecule has 1 saturated heterocycles. The molecule has 0 radical (unpaired) electrons. The molecular formula is C23H27N3O2S. The molecule has 152 valence electrons. The minimum Gasteiger partial charge on any atom is -0.493 e. The van der Waals surface area contributed by atoms with E-state index in [1.807, 2.05) is 18.2 Å². The number of methoxy groups -OCH3 is 2. The predicted molar refractivity (Wildman–Crippen MR) is 118 cm³/mol. The molecule has 5 nitrogen and oxygen atoms in total. The number of likely N-dealkylation sites (N-methyl/N-ethyl adjacent to an activating group) is 1. The molecule has 29 heavy (non-hydrogen) atoms. The topological polar surface area (TPSA) is 37.8 Å². The van der Waals surface area contributed by atoms with Gasteiger partial charge < -0.3 is 14.4 Å². The van der Waals surface area contributed by atoms with Gasteiger partial charge in [-0.1, -0.05) is 36.4 Å². The summed E-state index contributed by atoms with van der Waals surface area (Å²) in [7, 11) is 5.53. The lowest BCUT2D eigenvalue weighted by molar-refractivity contribution is 0.0824. The van der Waals surface area contributed by atoms with Crippen molar-refractivity contribution in [3.05, 3.63) is 65.2 Å². The van der Waals surface area contributed by atoms with E-state index in [4.69, 9.17) is 14.5 Å². The minimum atomic E-state index is 0.381. The van der Waals surface area contributed by atoms with Crippen LogP contribution in [0.4, 0.5) is 0 Å². The Morgan fingerprint density at radius 3 is 2.62 bits per heavy atom. The SMILES string of the molecule is COc1cccc(-c2nc(CN3CCN(C)CC3c3ccccc3)cs2)c1OC. The van der Waals surface area contributed by atoms with Crippen LogP contribution in [0, 0.1) is 0 Å². The number of nitrogens with zero attached hydrogens (tertiary/aromatic N) is 3. The lowest BCUT2D eigenvalue weighted by Gasteiger charge is -2.40. The number of benzene rings is 2. The van der Waals surface area contributed by atoms with E-state index in [0.717, 1.165) is 53.9 Å². The third-order valence-corrected chi connectivity index (χ3v) is 6.35. The van der Waals surface area contributed by atoms with Crippen molar-refractivity contribution in [2.75, 3.05) is 40.9 Å². The molecule has 0 amide bonds. The Hall–Kier alpha value is -2.41. The van der Waals surface area contributed by atoms with Crippen LogP contribution in [0.3, 0.4) is 0 Å². The van der Waals surface area contributed by atoms with Crippen LogP contribution in [-0.4, -0.2) is 55.7 Å². The number of rotatable bonds is 6. The van der Waals surface area contributed by atoms with Crippen molar-refractivity contribution in [2.45, 2.75) is 12.6 Å². The lowest BCUT2D eigenvalue weighted by atomic mass is 10.0. The zero-order valence-corrected chi connectivity index (χ0v) is 18.0. The highest BCUT2D eigenvalue weighted by molar-refractivity contribution is 7.13. The summed E-state index contributed by atoms with van der Waals surface area (Å²) in [5.74, 6) is 1.46. The summed E-state index contributed by atoms with van der Waals surface area (Å²) in [6, 6.07) is 17.1. The lowest BCUT2D eigenvalue weighted by Crippen LogP contribution is -2.46. The van der Waals surface area contributed by atoms with E-state index in [-0.39, 0.29) is 0 Å². The maximum absolute atomic E-state index is 5.59. The van der Waals surface area contributed by atoms with Crippen LogP contribution in [0.2, 0.25) is 0 Å². The molecule has 1 aromatic heterocycles. The van der Waals surface area contributed by atoms with Crippen molar-refractivity contribution in [1.29, 1.82) is 0 Å². The quantitative estimate of drug-likeness (QED) is 0.606. The van der Waals surface area contributed by atoms with Crippen molar-refractivity contribution in [3.63, 3.8) is 0 Å². The maximum atomic E-state index is 5.59. The fourth-order valence-corrected chi connectivity index (χ4v) is 4.74. The first-order valence-electron chi connectivity index (χ1n) is 9.83. The number of hydrogen-bond donors (Lipinski definition) is 0. The summed E-state index contributed by atoms with van der Waals surface area (Å²) in [5.41, 5.74) is 3.44. The van der Waals surface area contributed by atoms with Crippen LogP contribution in [0.1, 0.15) is 17.3 Å². The summed E-state index contributed by atoms with van der Waals surface area (Å²) < 4.78 is 11.0. The van der Waals surface area contributed by atoms with Crippen LogP contribution in [-0.2, 0) is 6.54 Å². The summed E-state index contributed by atoms with van der Waals surface area (Å²) in [4.78, 5) is 9.88. The smallest absolute Gasteiger partial charge is 0.170 e. The van der Waals surface area contributed by atoms with Gasteiger partial charge in [-0.15, -0.1) is 11.3 Å². The molecule has 1 unspecified atom stereocenters. The van der Waals surface area contributed by atoms with Gasteiger partial charge in [0.2, 0.25) is 0 Å². The van der Waals surface area contributed by atoms with Crippen molar-refractivity contribution in [2.24, 2.45) is 0 Å². The highest BCUT2D eigenvalue weighted by Gasteiger charge is 2.27. The van der Waals surface area contributed by atoms with Crippen LogP contribution in [0.15, 0.2) is 53.9 Å². The van der Waals surface area contributed by atoms with Crippen molar-refractivity contribution in [1.82, 2.24) is 14.8 Å². The molecule has 1 aliphatic rings. The van der Waals surface area contributed by atoms with E-state index >= 15 is 0 Å². The summed E-state index contributed by atoms with van der Waals surface area (Å²) in [6.45, 7) is 3.98. The fraction of sp³-hybridized carbons (Fsp3) is 0.348. The molecule has 0 aliphatic carbocycles. The van der Waals surface area contributed by atoms with E-state index in [1.54, 1.807) is 25.6 Å². The molecule has 3 aromatic rings. The Morgan fingerprint density at radius 1 is 1.03 bits per heavy atom. The average Bonchev–Trinajstić information content (AvgIpc) is 3.23. The van der Waals surface area contributed by atoms with E-state index in [9.17, 15) is 0 Å². The molecule has 1 fully saturated rings. The van der Waals surface area contributed by atoms with Crippen LogP contribution in [0.5, 0.6) is 11.5 Å². The highest BCUT2D eigenvalue weighted by Crippen LogP contribution is 2.39. The Balaban J connectivity index is 1.57. The molecule has 0 spiro atoms. The van der Waals surface area contributed by atoms with E-state index in [0.29, 0.717) is 6.04 Å². The van der Waals surface area contributed by atoms with E-state index in [1.165, 1.54) is 5.56 Å². The molecule has 6 heteroatoms. The van der Waals surface area contributed by atoms with Gasteiger partial charge >= 0.3 is 0 Å². The van der Waals surface area contributed by atoms with Gasteiger partial charge in [0.1, 0.15) is 5.01 Å². The van der Waals surface area contributed by atoms with Gasteiger partial charge in [-0.05, 0) is 24.7 Å². The Kier molecular flexibility index (Phi) is 6.13. The highest BCUT2D eigenvalue weighted by atomic mass is 32.1. The van der Waals surface area contributed by atoms with Gasteiger partial charge in [0.15, 0.2) is 11.5 Å². The second-order valence-corrected chi connectivity index (χ2v) is 8.20. The number of para-hydroxylation sites is 1. The third-order valence-electron chi connectivity index (χ3n) is 5.43. The largest absolute Gasteiger partial charge is 0.493 e. The summed E-state index contributed by atoms with van der Waals surface area (Å²) in [5, 5.41) is 3.12. The van der Waals surface area contributed by atoms with Gasteiger partial charge in [-0.2, -0.15) is 0 Å². The molecule has 0 saturated carbocycles. The first kappa shape index (κ1) is 19.9. The average molecular weight is 410 g/mol. The molecule has 0 bridgehead atoms. The molecule has 1 aliphatic heterocycles. The number of hydrogen-bond acceptors (Lipinski definition) is 6. The number of ether oxygens (including phenoxy) is 2. The summed E-state index contributed by atoms with van der Waals surface area (Å²) in [6.07, 6.45) is 0. The zero-order chi connectivity index (χ0) is 20.2. The Morgan fingerprint density at radius 2 is 1.86 bits per heavy atom. The Labute approximate surface area is 176 Å². The monoisotopic (exact) mass is 409 g/mol. The third kappa shape index (κ3) is 4.29. The normalized spacial score (nSPS) is 18.0. The standard InChI is InChI=1S/C23H27N3O2S/c1-25-12-13-26(20(15-25)17-8-5-4-6-9-17)14-18-16-29-23(24-18)19-10-7-11-21(27-2)22(19)28-3/h4-11,16,20H,12-15H2,1-3H3. The van der Waals surface area contributed by atoms with Crippen molar-refractivity contribution in [3.8, 4) is 22.1 Å². The number of thiazole rings is 1. The van der Waals surface area contributed by atoms with Crippen LogP contribution in [0.25, 0.3) is 10.6 Å².